The van der Waals surface area contributed by atoms with E-state index in [1.54, 1.807) is 6.07 Å². The first-order chi connectivity index (χ1) is 12.5. The zero-order chi connectivity index (χ0) is 18.7. The molecule has 0 spiro atoms. The number of nitro benzene ring substituents is 1. The molecule has 0 aliphatic carbocycles. The average molecular weight is 363 g/mol. The fourth-order valence-corrected chi connectivity index (χ4v) is 3.16. The fraction of sp³-hybridized carbons (Fsp3) is 0.333. The standard InChI is InChI=1S/C18H19F2N3O3/c1-26-15-10-16(20)18(23(24)25)17(11-15)21-13-5-7-22(8-6-13)14-4-2-3-12(19)9-14/h2-4,9-11,13,21H,5-8H2,1H3. The quantitative estimate of drug-likeness (QED) is 0.643. The van der Waals surface area contributed by atoms with E-state index in [9.17, 15) is 18.9 Å². The van der Waals surface area contributed by atoms with Crippen molar-refractivity contribution in [2.75, 3.05) is 30.4 Å². The van der Waals surface area contributed by atoms with Crippen LogP contribution in [0.15, 0.2) is 36.4 Å². The Morgan fingerprint density at radius 2 is 1.96 bits per heavy atom. The van der Waals surface area contributed by atoms with E-state index in [0.717, 1.165) is 11.8 Å². The van der Waals surface area contributed by atoms with Gasteiger partial charge >= 0.3 is 5.69 Å². The number of methoxy groups -OCH3 is 1. The van der Waals surface area contributed by atoms with E-state index in [1.807, 2.05) is 6.07 Å². The lowest BCUT2D eigenvalue weighted by Gasteiger charge is -2.34. The molecule has 1 N–H and O–H groups in total. The molecular weight excluding hydrogens is 344 g/mol. The predicted molar refractivity (Wildman–Crippen MR) is 94.9 cm³/mol. The van der Waals surface area contributed by atoms with Crippen LogP contribution in [0.2, 0.25) is 0 Å². The van der Waals surface area contributed by atoms with Crippen LogP contribution in [0.1, 0.15) is 12.8 Å². The number of nitrogens with one attached hydrogen (secondary N) is 1. The second kappa shape index (κ2) is 7.55. The first-order valence-electron chi connectivity index (χ1n) is 8.27. The smallest absolute Gasteiger partial charge is 0.327 e. The van der Waals surface area contributed by atoms with Gasteiger partial charge in [-0.15, -0.1) is 0 Å². The third kappa shape index (κ3) is 3.84. The Kier molecular flexibility index (Phi) is 5.20. The highest BCUT2D eigenvalue weighted by atomic mass is 19.1. The van der Waals surface area contributed by atoms with E-state index in [2.05, 4.69) is 10.2 Å². The molecule has 2 aromatic rings. The van der Waals surface area contributed by atoms with Crippen molar-refractivity contribution >= 4 is 17.1 Å². The molecule has 1 aliphatic heterocycles. The number of rotatable bonds is 5. The van der Waals surface area contributed by atoms with Crippen molar-refractivity contribution < 1.29 is 18.4 Å². The van der Waals surface area contributed by atoms with Crippen LogP contribution in [0, 0.1) is 21.7 Å². The number of nitrogens with zero attached hydrogens (tertiary/aromatic N) is 2. The lowest BCUT2D eigenvalue weighted by atomic mass is 10.0. The number of hydrogen-bond acceptors (Lipinski definition) is 5. The lowest BCUT2D eigenvalue weighted by Crippen LogP contribution is -2.39. The highest BCUT2D eigenvalue weighted by Gasteiger charge is 2.26. The molecule has 0 atom stereocenters. The van der Waals surface area contributed by atoms with Gasteiger partial charge in [-0.05, 0) is 31.0 Å². The SMILES string of the molecule is COc1cc(F)c([N+](=O)[O-])c(NC2CCN(c3cccc(F)c3)CC2)c1. The van der Waals surface area contributed by atoms with Gasteiger partial charge < -0.3 is 15.0 Å². The Labute approximate surface area is 149 Å². The topological polar surface area (TPSA) is 67.6 Å². The first kappa shape index (κ1) is 17.9. The molecule has 0 radical (unpaired) electrons. The zero-order valence-electron chi connectivity index (χ0n) is 14.2. The van der Waals surface area contributed by atoms with Gasteiger partial charge in [0.15, 0.2) is 0 Å². The van der Waals surface area contributed by atoms with Crippen molar-refractivity contribution in [3.63, 3.8) is 0 Å². The maximum atomic E-state index is 14.0. The Morgan fingerprint density at radius 1 is 1.23 bits per heavy atom. The zero-order valence-corrected chi connectivity index (χ0v) is 14.2. The third-order valence-corrected chi connectivity index (χ3v) is 4.48. The van der Waals surface area contributed by atoms with E-state index >= 15 is 0 Å². The number of hydrogen-bond donors (Lipinski definition) is 1. The maximum absolute atomic E-state index is 14.0. The molecule has 3 rings (SSSR count). The van der Waals surface area contributed by atoms with Crippen LogP contribution in [0.3, 0.4) is 0 Å². The monoisotopic (exact) mass is 363 g/mol. The molecule has 8 heteroatoms. The molecule has 0 aromatic heterocycles. The van der Waals surface area contributed by atoms with Crippen molar-refractivity contribution in [2.24, 2.45) is 0 Å². The van der Waals surface area contributed by atoms with Crippen molar-refractivity contribution in [1.82, 2.24) is 0 Å². The largest absolute Gasteiger partial charge is 0.497 e. The molecule has 0 bridgehead atoms. The van der Waals surface area contributed by atoms with Crippen LogP contribution in [-0.4, -0.2) is 31.2 Å². The van der Waals surface area contributed by atoms with Crippen molar-refractivity contribution in [3.8, 4) is 5.75 Å². The second-order valence-electron chi connectivity index (χ2n) is 6.15. The molecule has 0 amide bonds. The molecule has 1 heterocycles. The number of piperidine rings is 1. The molecule has 1 aliphatic rings. The van der Waals surface area contributed by atoms with Crippen molar-refractivity contribution in [1.29, 1.82) is 0 Å². The van der Waals surface area contributed by atoms with Gasteiger partial charge in [0.1, 0.15) is 17.3 Å². The third-order valence-electron chi connectivity index (χ3n) is 4.48. The van der Waals surface area contributed by atoms with E-state index < -0.39 is 16.4 Å². The molecule has 0 unspecified atom stereocenters. The van der Waals surface area contributed by atoms with Gasteiger partial charge in [0.05, 0.1) is 12.0 Å². The number of anilines is 2. The Bertz CT molecular complexity index is 808. The summed E-state index contributed by atoms with van der Waals surface area (Å²) in [4.78, 5) is 12.5. The van der Waals surface area contributed by atoms with Crippen LogP contribution in [0.5, 0.6) is 5.75 Å². The minimum atomic E-state index is -0.936. The van der Waals surface area contributed by atoms with E-state index in [1.165, 1.54) is 25.3 Å². The van der Waals surface area contributed by atoms with E-state index in [0.29, 0.717) is 25.9 Å². The second-order valence-corrected chi connectivity index (χ2v) is 6.15. The van der Waals surface area contributed by atoms with Crippen molar-refractivity contribution in [3.05, 3.63) is 58.1 Å². The summed E-state index contributed by atoms with van der Waals surface area (Å²) >= 11 is 0. The van der Waals surface area contributed by atoms with Gasteiger partial charge in [-0.25, -0.2) is 4.39 Å². The maximum Gasteiger partial charge on any atom is 0.327 e. The van der Waals surface area contributed by atoms with Crippen LogP contribution < -0.4 is 15.0 Å². The molecule has 0 saturated carbocycles. The molecule has 1 fully saturated rings. The Morgan fingerprint density at radius 3 is 2.58 bits per heavy atom. The van der Waals surface area contributed by atoms with Gasteiger partial charge in [-0.2, -0.15) is 4.39 Å². The van der Waals surface area contributed by atoms with Crippen LogP contribution >= 0.6 is 0 Å². The normalized spacial score (nSPS) is 15.0. The summed E-state index contributed by atoms with van der Waals surface area (Å²) in [6.45, 7) is 1.34. The fourth-order valence-electron chi connectivity index (χ4n) is 3.16. The lowest BCUT2D eigenvalue weighted by molar-refractivity contribution is -0.386. The molecule has 6 nitrogen and oxygen atoms in total. The summed E-state index contributed by atoms with van der Waals surface area (Å²) in [5.41, 5.74) is 0.330. The summed E-state index contributed by atoms with van der Waals surface area (Å²) < 4.78 is 32.4. The summed E-state index contributed by atoms with van der Waals surface area (Å²) in [6, 6.07) is 8.77. The van der Waals surface area contributed by atoms with Gasteiger partial charge in [0, 0.05) is 37.0 Å². The van der Waals surface area contributed by atoms with E-state index in [4.69, 9.17) is 4.74 Å². The van der Waals surface area contributed by atoms with Gasteiger partial charge in [0.2, 0.25) is 5.82 Å². The van der Waals surface area contributed by atoms with Gasteiger partial charge in [-0.3, -0.25) is 10.1 Å². The van der Waals surface area contributed by atoms with Crippen LogP contribution in [0.4, 0.5) is 25.8 Å². The highest BCUT2D eigenvalue weighted by Crippen LogP contribution is 2.34. The van der Waals surface area contributed by atoms with Crippen molar-refractivity contribution in [2.45, 2.75) is 18.9 Å². The molecule has 1 saturated heterocycles. The predicted octanol–water partition coefficient (Wildman–Crippen LogP) is 3.96. The number of benzene rings is 2. The Balaban J connectivity index is 1.71. The first-order valence-corrected chi connectivity index (χ1v) is 8.27. The van der Waals surface area contributed by atoms with E-state index in [-0.39, 0.29) is 23.3 Å². The minimum Gasteiger partial charge on any atom is -0.497 e. The number of ether oxygens (including phenoxy) is 1. The molecule has 26 heavy (non-hydrogen) atoms. The Hall–Kier alpha value is -2.90. The summed E-state index contributed by atoms with van der Waals surface area (Å²) in [5, 5.41) is 14.3. The number of nitro groups is 1. The van der Waals surface area contributed by atoms with Gasteiger partial charge in [-0.1, -0.05) is 6.07 Å². The number of halogens is 2. The van der Waals surface area contributed by atoms with Crippen LogP contribution in [0.25, 0.3) is 0 Å². The van der Waals surface area contributed by atoms with Gasteiger partial charge in [0.25, 0.3) is 0 Å². The highest BCUT2D eigenvalue weighted by molar-refractivity contribution is 5.65. The minimum absolute atomic E-state index is 0.0509. The molecule has 2 aromatic carbocycles. The molecule has 138 valence electrons. The summed E-state index contributed by atoms with van der Waals surface area (Å²) in [6.07, 6.45) is 1.37. The molecular formula is C18H19F2N3O3. The van der Waals surface area contributed by atoms with Crippen LogP contribution in [-0.2, 0) is 0 Å². The average Bonchev–Trinajstić information content (AvgIpc) is 2.61. The summed E-state index contributed by atoms with van der Waals surface area (Å²) in [7, 11) is 1.38. The summed E-state index contributed by atoms with van der Waals surface area (Å²) in [5.74, 6) is -1.01.